The normalized spacial score (nSPS) is 16.9. The van der Waals surface area contributed by atoms with Gasteiger partial charge in [-0.1, -0.05) is 23.7 Å². The zero-order valence-electron chi connectivity index (χ0n) is 13.6. The highest BCUT2D eigenvalue weighted by Crippen LogP contribution is 2.24. The highest BCUT2D eigenvalue weighted by Gasteiger charge is 2.27. The third-order valence-corrected chi connectivity index (χ3v) is 4.60. The van der Waals surface area contributed by atoms with Gasteiger partial charge in [-0.25, -0.2) is 9.97 Å². The monoisotopic (exact) mass is 344 g/mol. The van der Waals surface area contributed by atoms with E-state index in [2.05, 4.69) is 21.8 Å². The van der Waals surface area contributed by atoms with E-state index in [0.29, 0.717) is 16.3 Å². The minimum Gasteiger partial charge on any atom is -0.382 e. The Kier molecular flexibility index (Phi) is 4.43. The van der Waals surface area contributed by atoms with E-state index in [1.807, 2.05) is 0 Å². The molecular weight excluding hydrogens is 324 g/mol. The molecule has 0 atom stereocenters. The van der Waals surface area contributed by atoms with Crippen LogP contribution in [0.4, 0.5) is 11.6 Å². The smallest absolute Gasteiger partial charge is 0.154 e. The Morgan fingerprint density at radius 3 is 2.67 bits per heavy atom. The van der Waals surface area contributed by atoms with Gasteiger partial charge in [0, 0.05) is 29.2 Å². The van der Waals surface area contributed by atoms with Crippen LogP contribution >= 0.6 is 11.6 Å². The second-order valence-corrected chi connectivity index (χ2v) is 6.92. The number of nitrogen functional groups attached to an aromatic ring is 1. The number of nitrogens with zero attached hydrogens (tertiary/aromatic N) is 3. The summed E-state index contributed by atoms with van der Waals surface area (Å²) < 4.78 is 0. The Hall–Kier alpha value is -2.18. The highest BCUT2D eigenvalue weighted by molar-refractivity contribution is 6.31. The Bertz CT molecular complexity index is 763. The van der Waals surface area contributed by atoms with Gasteiger partial charge < -0.3 is 16.4 Å². The summed E-state index contributed by atoms with van der Waals surface area (Å²) in [7, 11) is 0. The van der Waals surface area contributed by atoms with Crippen molar-refractivity contribution in [3.8, 4) is 0 Å². The standard InChI is InChI=1S/C17H21ClN6/c1-17(21)5-7-24(8-6-17)13-10-22-15(16(20)23-13)14(19)11-3-2-4-12(18)9-11/h2-4,9-10,19H,5-8,21H2,1H3,(H2,20,23). The molecule has 24 heavy (non-hydrogen) atoms. The van der Waals surface area contributed by atoms with E-state index >= 15 is 0 Å². The van der Waals surface area contributed by atoms with E-state index in [0.717, 1.165) is 31.7 Å². The van der Waals surface area contributed by atoms with Crippen molar-refractivity contribution in [2.45, 2.75) is 25.3 Å². The summed E-state index contributed by atoms with van der Waals surface area (Å²) >= 11 is 5.99. The van der Waals surface area contributed by atoms with Gasteiger partial charge in [0.25, 0.3) is 0 Å². The maximum atomic E-state index is 8.30. The van der Waals surface area contributed by atoms with Crippen LogP contribution in [0.15, 0.2) is 30.5 Å². The van der Waals surface area contributed by atoms with Gasteiger partial charge >= 0.3 is 0 Å². The van der Waals surface area contributed by atoms with Gasteiger partial charge in [0.15, 0.2) is 5.82 Å². The molecule has 1 aromatic carbocycles. The number of hydrogen-bond acceptors (Lipinski definition) is 6. The van der Waals surface area contributed by atoms with Gasteiger partial charge in [-0.15, -0.1) is 0 Å². The molecule has 0 bridgehead atoms. The summed E-state index contributed by atoms with van der Waals surface area (Å²) in [6.07, 6.45) is 3.47. The lowest BCUT2D eigenvalue weighted by Crippen LogP contribution is -2.48. The second kappa shape index (κ2) is 6.37. The molecule has 3 rings (SSSR count). The van der Waals surface area contributed by atoms with Crippen molar-refractivity contribution in [1.29, 1.82) is 5.41 Å². The van der Waals surface area contributed by atoms with Gasteiger partial charge in [-0.3, -0.25) is 5.41 Å². The van der Waals surface area contributed by atoms with Crippen molar-refractivity contribution < 1.29 is 0 Å². The lowest BCUT2D eigenvalue weighted by atomic mass is 9.91. The molecule has 6 nitrogen and oxygen atoms in total. The number of hydrogen-bond donors (Lipinski definition) is 3. The summed E-state index contributed by atoms with van der Waals surface area (Å²) in [5.41, 5.74) is 13.3. The van der Waals surface area contributed by atoms with Crippen LogP contribution in [0.25, 0.3) is 0 Å². The van der Waals surface area contributed by atoms with Gasteiger partial charge in [-0.2, -0.15) is 0 Å². The fraction of sp³-hybridized carbons (Fsp3) is 0.353. The topological polar surface area (TPSA) is 105 Å². The predicted molar refractivity (Wildman–Crippen MR) is 97.9 cm³/mol. The summed E-state index contributed by atoms with van der Waals surface area (Å²) in [6.45, 7) is 3.72. The zero-order chi connectivity index (χ0) is 17.3. The summed E-state index contributed by atoms with van der Waals surface area (Å²) in [6, 6.07) is 7.07. The Morgan fingerprint density at radius 2 is 2.04 bits per heavy atom. The van der Waals surface area contributed by atoms with Crippen LogP contribution in [-0.4, -0.2) is 34.3 Å². The van der Waals surface area contributed by atoms with Crippen LogP contribution in [0.1, 0.15) is 31.0 Å². The molecule has 1 saturated heterocycles. The Morgan fingerprint density at radius 1 is 1.33 bits per heavy atom. The van der Waals surface area contributed by atoms with Crippen LogP contribution < -0.4 is 16.4 Å². The number of rotatable bonds is 3. The van der Waals surface area contributed by atoms with Crippen molar-refractivity contribution >= 4 is 28.9 Å². The molecule has 0 amide bonds. The largest absolute Gasteiger partial charge is 0.382 e. The molecule has 1 aliphatic heterocycles. The lowest BCUT2D eigenvalue weighted by Gasteiger charge is -2.37. The van der Waals surface area contributed by atoms with Crippen LogP contribution in [-0.2, 0) is 0 Å². The molecule has 0 unspecified atom stereocenters. The molecule has 2 aromatic rings. The lowest BCUT2D eigenvalue weighted by molar-refractivity contribution is 0.363. The summed E-state index contributed by atoms with van der Waals surface area (Å²) in [5.74, 6) is 0.976. The summed E-state index contributed by atoms with van der Waals surface area (Å²) in [4.78, 5) is 10.9. The average molecular weight is 345 g/mol. The molecule has 0 radical (unpaired) electrons. The van der Waals surface area contributed by atoms with Crippen molar-refractivity contribution in [2.24, 2.45) is 5.73 Å². The number of halogens is 1. The molecule has 0 saturated carbocycles. The molecule has 0 spiro atoms. The van der Waals surface area contributed by atoms with Gasteiger partial charge in [0.05, 0.1) is 11.9 Å². The molecule has 5 N–H and O–H groups in total. The molecule has 2 heterocycles. The first kappa shape index (κ1) is 16.7. The zero-order valence-corrected chi connectivity index (χ0v) is 14.3. The molecule has 0 aliphatic carbocycles. The van der Waals surface area contributed by atoms with Crippen LogP contribution in [0.2, 0.25) is 5.02 Å². The average Bonchev–Trinajstić information content (AvgIpc) is 2.54. The number of nitrogens with one attached hydrogen (secondary N) is 1. The van der Waals surface area contributed by atoms with E-state index in [4.69, 9.17) is 28.5 Å². The third-order valence-electron chi connectivity index (χ3n) is 4.37. The summed E-state index contributed by atoms with van der Waals surface area (Å²) in [5, 5.41) is 8.87. The van der Waals surface area contributed by atoms with Crippen molar-refractivity contribution in [2.75, 3.05) is 23.7 Å². The molecule has 1 aromatic heterocycles. The number of nitrogens with two attached hydrogens (primary N) is 2. The van der Waals surface area contributed by atoms with Gasteiger partial charge in [0.2, 0.25) is 0 Å². The SMILES string of the molecule is CC1(N)CCN(c2cnc(C(=N)c3cccc(Cl)c3)c(N)n2)CC1. The highest BCUT2D eigenvalue weighted by atomic mass is 35.5. The number of benzene rings is 1. The minimum absolute atomic E-state index is 0.121. The second-order valence-electron chi connectivity index (χ2n) is 6.49. The van der Waals surface area contributed by atoms with Crippen molar-refractivity contribution in [3.63, 3.8) is 0 Å². The first-order valence-corrected chi connectivity index (χ1v) is 8.25. The fourth-order valence-corrected chi connectivity index (χ4v) is 2.96. The van der Waals surface area contributed by atoms with Crippen LogP contribution in [0.3, 0.4) is 0 Å². The first-order valence-electron chi connectivity index (χ1n) is 7.87. The molecule has 1 aliphatic rings. The maximum Gasteiger partial charge on any atom is 0.154 e. The maximum absolute atomic E-state index is 8.30. The van der Waals surface area contributed by atoms with Crippen molar-refractivity contribution in [3.05, 3.63) is 46.7 Å². The van der Waals surface area contributed by atoms with Crippen LogP contribution in [0.5, 0.6) is 0 Å². The third kappa shape index (κ3) is 3.49. The minimum atomic E-state index is -0.121. The van der Waals surface area contributed by atoms with E-state index in [-0.39, 0.29) is 17.1 Å². The molecule has 7 heteroatoms. The van der Waals surface area contributed by atoms with E-state index in [9.17, 15) is 0 Å². The number of aromatic nitrogens is 2. The van der Waals surface area contributed by atoms with E-state index < -0.39 is 0 Å². The van der Waals surface area contributed by atoms with E-state index in [1.165, 1.54) is 0 Å². The van der Waals surface area contributed by atoms with Gasteiger partial charge in [-0.05, 0) is 31.9 Å². The predicted octanol–water partition coefficient (Wildman–Crippen LogP) is 2.45. The fourth-order valence-electron chi connectivity index (χ4n) is 2.77. The van der Waals surface area contributed by atoms with Crippen molar-refractivity contribution in [1.82, 2.24) is 9.97 Å². The first-order chi connectivity index (χ1) is 11.4. The van der Waals surface area contributed by atoms with E-state index in [1.54, 1.807) is 30.5 Å². The Balaban J connectivity index is 1.81. The molecule has 1 fully saturated rings. The quantitative estimate of drug-likeness (QED) is 0.742. The Labute approximate surface area is 146 Å². The van der Waals surface area contributed by atoms with Gasteiger partial charge in [0.1, 0.15) is 11.5 Å². The number of piperidine rings is 1. The number of anilines is 2. The van der Waals surface area contributed by atoms with Crippen LogP contribution in [0, 0.1) is 5.41 Å². The molecular formula is C17H21ClN6. The molecule has 126 valence electrons.